The van der Waals surface area contributed by atoms with Gasteiger partial charge in [0.05, 0.1) is 18.5 Å². The van der Waals surface area contributed by atoms with Crippen molar-refractivity contribution in [3.63, 3.8) is 0 Å². The van der Waals surface area contributed by atoms with Gasteiger partial charge in [-0.15, -0.1) is 0 Å². The zero-order valence-corrected chi connectivity index (χ0v) is 8.79. The summed E-state index contributed by atoms with van der Waals surface area (Å²) in [5.74, 6) is 0.0686. The minimum Gasteiger partial charge on any atom is -0.339 e. The molecule has 14 heavy (non-hydrogen) atoms. The maximum Gasteiger partial charge on any atom is 0.241 e. The van der Waals surface area contributed by atoms with Gasteiger partial charge in [0.2, 0.25) is 5.91 Å². The van der Waals surface area contributed by atoms with Crippen LogP contribution in [0.2, 0.25) is 0 Å². The van der Waals surface area contributed by atoms with Crippen molar-refractivity contribution in [2.24, 2.45) is 0 Å². The number of amides is 1. The summed E-state index contributed by atoms with van der Waals surface area (Å²) in [6, 6.07) is 2.03. The Hall–Kier alpha value is -1.08. The SMILES string of the molecule is CCN1C(=O)C(CC#N)NCCC1C. The summed E-state index contributed by atoms with van der Waals surface area (Å²) in [6.45, 7) is 5.57. The third kappa shape index (κ3) is 2.24. The fourth-order valence-electron chi connectivity index (χ4n) is 1.85. The number of hydrogen-bond acceptors (Lipinski definition) is 3. The molecule has 0 aliphatic carbocycles. The lowest BCUT2D eigenvalue weighted by Gasteiger charge is -2.27. The number of nitrogens with zero attached hydrogens (tertiary/aromatic N) is 2. The third-order valence-electron chi connectivity index (χ3n) is 2.70. The number of carbonyl (C=O) groups is 1. The van der Waals surface area contributed by atoms with E-state index in [-0.39, 0.29) is 24.4 Å². The lowest BCUT2D eigenvalue weighted by molar-refractivity contribution is -0.134. The second-order valence-corrected chi connectivity index (χ2v) is 3.63. The van der Waals surface area contributed by atoms with Crippen molar-refractivity contribution in [1.82, 2.24) is 10.2 Å². The van der Waals surface area contributed by atoms with Crippen molar-refractivity contribution in [3.8, 4) is 6.07 Å². The second-order valence-electron chi connectivity index (χ2n) is 3.63. The fourth-order valence-corrected chi connectivity index (χ4v) is 1.85. The van der Waals surface area contributed by atoms with Crippen molar-refractivity contribution in [2.75, 3.05) is 13.1 Å². The zero-order valence-electron chi connectivity index (χ0n) is 8.79. The summed E-state index contributed by atoms with van der Waals surface area (Å²) in [4.78, 5) is 13.7. The Kier molecular flexibility index (Phi) is 3.90. The number of rotatable bonds is 2. The van der Waals surface area contributed by atoms with Crippen LogP contribution >= 0.6 is 0 Å². The fraction of sp³-hybridized carbons (Fsp3) is 0.800. The van der Waals surface area contributed by atoms with E-state index in [0.29, 0.717) is 0 Å². The molecule has 4 heteroatoms. The molecule has 1 fully saturated rings. The van der Waals surface area contributed by atoms with E-state index in [0.717, 1.165) is 19.5 Å². The summed E-state index contributed by atoms with van der Waals surface area (Å²) < 4.78 is 0. The van der Waals surface area contributed by atoms with Crippen LogP contribution in [0.15, 0.2) is 0 Å². The standard InChI is InChI=1S/C10H17N3O/c1-3-13-8(2)5-7-12-9(4-6-11)10(13)14/h8-9,12H,3-5,7H2,1-2H3. The van der Waals surface area contributed by atoms with Gasteiger partial charge >= 0.3 is 0 Å². The topological polar surface area (TPSA) is 56.1 Å². The molecular weight excluding hydrogens is 178 g/mol. The highest BCUT2D eigenvalue weighted by molar-refractivity contribution is 5.82. The largest absolute Gasteiger partial charge is 0.339 e. The zero-order chi connectivity index (χ0) is 10.6. The third-order valence-corrected chi connectivity index (χ3v) is 2.70. The molecule has 0 aromatic carbocycles. The Bertz CT molecular complexity index is 246. The molecule has 1 rings (SSSR count). The quantitative estimate of drug-likeness (QED) is 0.698. The Morgan fingerprint density at radius 1 is 1.71 bits per heavy atom. The first-order chi connectivity index (χ1) is 6.70. The molecule has 78 valence electrons. The molecule has 2 unspecified atom stereocenters. The summed E-state index contributed by atoms with van der Waals surface area (Å²) in [5.41, 5.74) is 0. The van der Waals surface area contributed by atoms with E-state index in [9.17, 15) is 4.79 Å². The molecule has 0 aromatic heterocycles. The number of likely N-dealkylation sites (N-methyl/N-ethyl adjacent to an activating group) is 1. The van der Waals surface area contributed by atoms with Gasteiger partial charge in [0.1, 0.15) is 0 Å². The van der Waals surface area contributed by atoms with E-state index in [1.807, 2.05) is 17.9 Å². The van der Waals surface area contributed by atoms with Crippen LogP contribution in [0.3, 0.4) is 0 Å². The highest BCUT2D eigenvalue weighted by atomic mass is 16.2. The smallest absolute Gasteiger partial charge is 0.241 e. The molecule has 0 saturated carbocycles. The van der Waals surface area contributed by atoms with E-state index in [1.165, 1.54) is 0 Å². The normalized spacial score (nSPS) is 28.4. The Morgan fingerprint density at radius 3 is 3.00 bits per heavy atom. The predicted molar refractivity (Wildman–Crippen MR) is 53.5 cm³/mol. The molecule has 1 amide bonds. The lowest BCUT2D eigenvalue weighted by Crippen LogP contribution is -2.45. The van der Waals surface area contributed by atoms with Crippen LogP contribution in [0.1, 0.15) is 26.7 Å². The highest BCUT2D eigenvalue weighted by Crippen LogP contribution is 2.11. The van der Waals surface area contributed by atoms with Crippen molar-refractivity contribution < 1.29 is 4.79 Å². The minimum atomic E-state index is -0.301. The van der Waals surface area contributed by atoms with Crippen LogP contribution in [0.25, 0.3) is 0 Å². The van der Waals surface area contributed by atoms with Crippen molar-refractivity contribution in [2.45, 2.75) is 38.8 Å². The predicted octanol–water partition coefficient (Wildman–Crippen LogP) is 0.499. The van der Waals surface area contributed by atoms with Crippen molar-refractivity contribution >= 4 is 5.91 Å². The van der Waals surface area contributed by atoms with Crippen LogP contribution in [0.4, 0.5) is 0 Å². The molecule has 0 aromatic rings. The summed E-state index contributed by atoms with van der Waals surface area (Å²) in [7, 11) is 0. The molecule has 1 aliphatic heterocycles. The van der Waals surface area contributed by atoms with Gasteiger partial charge in [-0.25, -0.2) is 0 Å². The van der Waals surface area contributed by atoms with Crippen LogP contribution in [0.5, 0.6) is 0 Å². The summed E-state index contributed by atoms with van der Waals surface area (Å²) in [5, 5.41) is 11.7. The minimum absolute atomic E-state index is 0.0686. The molecule has 1 N–H and O–H groups in total. The van der Waals surface area contributed by atoms with Gasteiger partial charge in [0.15, 0.2) is 0 Å². The molecule has 0 radical (unpaired) electrons. The molecule has 0 spiro atoms. The summed E-state index contributed by atoms with van der Waals surface area (Å²) in [6.07, 6.45) is 1.23. The van der Waals surface area contributed by atoms with Gasteiger partial charge < -0.3 is 10.2 Å². The van der Waals surface area contributed by atoms with Crippen LogP contribution in [-0.4, -0.2) is 36.0 Å². The van der Waals surface area contributed by atoms with Gasteiger partial charge in [-0.1, -0.05) is 0 Å². The molecular formula is C10H17N3O. The molecule has 1 aliphatic rings. The van der Waals surface area contributed by atoms with E-state index in [1.54, 1.807) is 0 Å². The Morgan fingerprint density at radius 2 is 2.43 bits per heavy atom. The van der Waals surface area contributed by atoms with E-state index in [2.05, 4.69) is 12.2 Å². The number of nitriles is 1. The average Bonchev–Trinajstić information content (AvgIpc) is 2.28. The highest BCUT2D eigenvalue weighted by Gasteiger charge is 2.28. The van der Waals surface area contributed by atoms with Gasteiger partial charge in [-0.05, 0) is 26.8 Å². The molecule has 2 atom stereocenters. The number of carbonyl (C=O) groups excluding carboxylic acids is 1. The Labute approximate surface area is 84.9 Å². The second kappa shape index (κ2) is 4.97. The first kappa shape index (κ1) is 11.0. The number of nitrogens with one attached hydrogen (secondary N) is 1. The van der Waals surface area contributed by atoms with E-state index >= 15 is 0 Å². The first-order valence-electron chi connectivity index (χ1n) is 5.11. The molecule has 1 saturated heterocycles. The lowest BCUT2D eigenvalue weighted by atomic mass is 10.2. The van der Waals surface area contributed by atoms with Crippen LogP contribution in [0, 0.1) is 11.3 Å². The molecule has 0 bridgehead atoms. The van der Waals surface area contributed by atoms with Gasteiger partial charge in [-0.3, -0.25) is 4.79 Å². The summed E-state index contributed by atoms with van der Waals surface area (Å²) >= 11 is 0. The molecule has 1 heterocycles. The van der Waals surface area contributed by atoms with Crippen LogP contribution < -0.4 is 5.32 Å². The van der Waals surface area contributed by atoms with E-state index < -0.39 is 0 Å². The van der Waals surface area contributed by atoms with Gasteiger partial charge in [-0.2, -0.15) is 5.26 Å². The van der Waals surface area contributed by atoms with Gasteiger partial charge in [0.25, 0.3) is 0 Å². The Balaban J connectivity index is 2.73. The first-order valence-corrected chi connectivity index (χ1v) is 5.11. The maximum atomic E-state index is 11.9. The monoisotopic (exact) mass is 195 g/mol. The van der Waals surface area contributed by atoms with Gasteiger partial charge in [0, 0.05) is 12.6 Å². The average molecular weight is 195 g/mol. The van der Waals surface area contributed by atoms with Crippen molar-refractivity contribution in [3.05, 3.63) is 0 Å². The van der Waals surface area contributed by atoms with Crippen LogP contribution in [-0.2, 0) is 4.79 Å². The molecule has 4 nitrogen and oxygen atoms in total. The maximum absolute atomic E-state index is 11.9. The van der Waals surface area contributed by atoms with Crippen molar-refractivity contribution in [1.29, 1.82) is 5.26 Å². The van der Waals surface area contributed by atoms with E-state index in [4.69, 9.17) is 5.26 Å². The number of hydrogen-bond donors (Lipinski definition) is 1.